The number of hydrogen-bond donors (Lipinski definition) is 1. The predicted octanol–water partition coefficient (Wildman–Crippen LogP) is 1.42. The van der Waals surface area contributed by atoms with Crippen molar-refractivity contribution in [3.8, 4) is 0 Å². The topological polar surface area (TPSA) is 68.0 Å². The van der Waals surface area contributed by atoms with E-state index in [0.29, 0.717) is 13.0 Å². The Morgan fingerprint density at radius 1 is 1.40 bits per heavy atom. The van der Waals surface area contributed by atoms with E-state index in [0.717, 1.165) is 0 Å². The van der Waals surface area contributed by atoms with Crippen molar-refractivity contribution < 1.29 is 9.90 Å². The van der Waals surface area contributed by atoms with Crippen LogP contribution in [0.15, 0.2) is 12.7 Å². The van der Waals surface area contributed by atoms with Gasteiger partial charge in [-0.05, 0) is 11.8 Å². The van der Waals surface area contributed by atoms with Crippen molar-refractivity contribution in [3.63, 3.8) is 0 Å². The fraction of sp³-hybridized carbons (Fsp3) is 0.700. The number of carboxylic acid groups (broad SMARTS) is 1. The first kappa shape index (κ1) is 11.7. The summed E-state index contributed by atoms with van der Waals surface area (Å²) in [5, 5.41) is 16.4. The Labute approximate surface area is 89.1 Å². The molecule has 1 aromatic heterocycles. The molecule has 0 amide bonds. The summed E-state index contributed by atoms with van der Waals surface area (Å²) >= 11 is 0. The zero-order chi connectivity index (χ0) is 11.5. The molecule has 0 spiro atoms. The van der Waals surface area contributed by atoms with E-state index in [1.165, 1.54) is 0 Å². The summed E-state index contributed by atoms with van der Waals surface area (Å²) in [7, 11) is 0. The Morgan fingerprint density at radius 3 is 2.33 bits per heavy atom. The van der Waals surface area contributed by atoms with Crippen LogP contribution >= 0.6 is 0 Å². The van der Waals surface area contributed by atoms with Gasteiger partial charge < -0.3 is 9.67 Å². The number of hydrogen-bond acceptors (Lipinski definition) is 3. The maximum absolute atomic E-state index is 11.0. The van der Waals surface area contributed by atoms with Crippen LogP contribution in [0.1, 0.15) is 27.2 Å². The zero-order valence-corrected chi connectivity index (χ0v) is 9.34. The lowest BCUT2D eigenvalue weighted by Crippen LogP contribution is -2.24. The van der Waals surface area contributed by atoms with Gasteiger partial charge in [0.1, 0.15) is 12.7 Å². The maximum Gasteiger partial charge on any atom is 0.308 e. The van der Waals surface area contributed by atoms with E-state index >= 15 is 0 Å². The molecule has 0 aliphatic carbocycles. The predicted molar refractivity (Wildman–Crippen MR) is 55.2 cm³/mol. The quantitative estimate of drug-likeness (QED) is 0.817. The average molecular weight is 211 g/mol. The average Bonchev–Trinajstić information content (AvgIpc) is 2.52. The first-order valence-corrected chi connectivity index (χ1v) is 4.94. The van der Waals surface area contributed by atoms with Gasteiger partial charge >= 0.3 is 5.97 Å². The monoisotopic (exact) mass is 211 g/mol. The van der Waals surface area contributed by atoms with Crippen molar-refractivity contribution >= 4 is 5.97 Å². The minimum atomic E-state index is -0.765. The van der Waals surface area contributed by atoms with Crippen LogP contribution < -0.4 is 0 Å². The molecule has 15 heavy (non-hydrogen) atoms. The first-order chi connectivity index (χ1) is 6.88. The molecule has 0 fully saturated rings. The SMILES string of the molecule is CC(C)(C)CC(Cn1cnnc1)C(=O)O. The second-order valence-corrected chi connectivity index (χ2v) is 4.96. The fourth-order valence-electron chi connectivity index (χ4n) is 1.54. The molecular weight excluding hydrogens is 194 g/mol. The van der Waals surface area contributed by atoms with Crippen LogP contribution in [0.3, 0.4) is 0 Å². The number of aliphatic carboxylic acids is 1. The third-order valence-corrected chi connectivity index (χ3v) is 2.11. The largest absolute Gasteiger partial charge is 0.481 e. The molecule has 5 heteroatoms. The summed E-state index contributed by atoms with van der Waals surface area (Å²) in [5.41, 5.74) is 0.0110. The van der Waals surface area contributed by atoms with Gasteiger partial charge in [-0.2, -0.15) is 0 Å². The van der Waals surface area contributed by atoms with Crippen LogP contribution in [0.25, 0.3) is 0 Å². The van der Waals surface area contributed by atoms with Crippen molar-refractivity contribution in [1.82, 2.24) is 14.8 Å². The van der Waals surface area contributed by atoms with Gasteiger partial charge in [-0.1, -0.05) is 20.8 Å². The van der Waals surface area contributed by atoms with Crippen LogP contribution in [0.2, 0.25) is 0 Å². The molecule has 0 bridgehead atoms. The molecule has 84 valence electrons. The number of aromatic nitrogens is 3. The molecule has 0 aromatic carbocycles. The summed E-state index contributed by atoms with van der Waals surface area (Å²) in [6.45, 7) is 6.54. The van der Waals surface area contributed by atoms with E-state index in [1.54, 1.807) is 17.2 Å². The van der Waals surface area contributed by atoms with Gasteiger partial charge in [0.2, 0.25) is 0 Å². The molecule has 1 heterocycles. The first-order valence-electron chi connectivity index (χ1n) is 4.94. The summed E-state index contributed by atoms with van der Waals surface area (Å²) < 4.78 is 1.70. The van der Waals surface area contributed by atoms with Crippen LogP contribution in [0.4, 0.5) is 0 Å². The Hall–Kier alpha value is -1.39. The zero-order valence-electron chi connectivity index (χ0n) is 9.34. The van der Waals surface area contributed by atoms with Gasteiger partial charge in [-0.3, -0.25) is 4.79 Å². The summed E-state index contributed by atoms with van der Waals surface area (Å²) in [6.07, 6.45) is 3.72. The van der Waals surface area contributed by atoms with Crippen LogP contribution in [0.5, 0.6) is 0 Å². The second-order valence-electron chi connectivity index (χ2n) is 4.96. The van der Waals surface area contributed by atoms with Gasteiger partial charge in [-0.25, -0.2) is 0 Å². The van der Waals surface area contributed by atoms with E-state index in [1.807, 2.05) is 20.8 Å². The summed E-state index contributed by atoms with van der Waals surface area (Å²) in [6, 6.07) is 0. The van der Waals surface area contributed by atoms with Gasteiger partial charge in [0.15, 0.2) is 0 Å². The smallest absolute Gasteiger partial charge is 0.308 e. The molecule has 1 rings (SSSR count). The third-order valence-electron chi connectivity index (χ3n) is 2.11. The van der Waals surface area contributed by atoms with Crippen LogP contribution in [-0.4, -0.2) is 25.8 Å². The van der Waals surface area contributed by atoms with Crippen LogP contribution in [-0.2, 0) is 11.3 Å². The molecule has 1 atom stereocenters. The number of rotatable bonds is 4. The highest BCUT2D eigenvalue weighted by atomic mass is 16.4. The van der Waals surface area contributed by atoms with E-state index in [-0.39, 0.29) is 11.3 Å². The maximum atomic E-state index is 11.0. The third kappa shape index (κ3) is 4.10. The highest BCUT2D eigenvalue weighted by Crippen LogP contribution is 2.25. The molecule has 0 aliphatic heterocycles. The number of nitrogens with zero attached hydrogens (tertiary/aromatic N) is 3. The number of carbonyl (C=O) groups is 1. The molecule has 0 radical (unpaired) electrons. The van der Waals surface area contributed by atoms with E-state index in [9.17, 15) is 4.79 Å². The van der Waals surface area contributed by atoms with Crippen molar-refractivity contribution in [2.75, 3.05) is 0 Å². The molecular formula is C10H17N3O2. The lowest BCUT2D eigenvalue weighted by molar-refractivity contribution is -0.143. The Bertz CT molecular complexity index is 314. The normalized spacial score (nSPS) is 13.8. The molecule has 0 saturated carbocycles. The van der Waals surface area contributed by atoms with Gasteiger partial charge in [-0.15, -0.1) is 10.2 Å². The van der Waals surface area contributed by atoms with Crippen molar-refractivity contribution in [1.29, 1.82) is 0 Å². The number of carboxylic acids is 1. The molecule has 5 nitrogen and oxygen atoms in total. The lowest BCUT2D eigenvalue weighted by atomic mass is 9.84. The summed E-state index contributed by atoms with van der Waals surface area (Å²) in [4.78, 5) is 11.0. The van der Waals surface area contributed by atoms with Crippen LogP contribution in [0, 0.1) is 11.3 Å². The van der Waals surface area contributed by atoms with Crippen molar-refractivity contribution in [2.24, 2.45) is 11.3 Å². The molecule has 1 N–H and O–H groups in total. The summed E-state index contributed by atoms with van der Waals surface area (Å²) in [5.74, 6) is -1.15. The van der Waals surface area contributed by atoms with Crippen molar-refractivity contribution in [3.05, 3.63) is 12.7 Å². The molecule has 0 saturated heterocycles. The van der Waals surface area contributed by atoms with Gasteiger partial charge in [0, 0.05) is 6.54 Å². The van der Waals surface area contributed by atoms with E-state index in [2.05, 4.69) is 10.2 Å². The van der Waals surface area contributed by atoms with Gasteiger partial charge in [0.25, 0.3) is 0 Å². The fourth-order valence-corrected chi connectivity index (χ4v) is 1.54. The second kappa shape index (κ2) is 4.42. The van der Waals surface area contributed by atoms with E-state index in [4.69, 9.17) is 5.11 Å². The highest BCUT2D eigenvalue weighted by molar-refractivity contribution is 5.69. The standard InChI is InChI=1S/C10H17N3O2/c1-10(2,3)4-8(9(14)15)5-13-6-11-12-7-13/h6-8H,4-5H2,1-3H3,(H,14,15). The minimum Gasteiger partial charge on any atom is -0.481 e. The lowest BCUT2D eigenvalue weighted by Gasteiger charge is -2.23. The van der Waals surface area contributed by atoms with E-state index < -0.39 is 5.97 Å². The van der Waals surface area contributed by atoms with Gasteiger partial charge in [0.05, 0.1) is 5.92 Å². The molecule has 0 aliphatic rings. The highest BCUT2D eigenvalue weighted by Gasteiger charge is 2.24. The minimum absolute atomic E-state index is 0.0110. The Morgan fingerprint density at radius 2 is 1.93 bits per heavy atom. The van der Waals surface area contributed by atoms with Crippen molar-refractivity contribution in [2.45, 2.75) is 33.7 Å². The molecule has 1 aromatic rings. The molecule has 1 unspecified atom stereocenters. The Kier molecular flexibility index (Phi) is 3.44. The Balaban J connectivity index is 2.63.